The highest BCUT2D eigenvalue weighted by molar-refractivity contribution is 9.11. The van der Waals surface area contributed by atoms with Crippen LogP contribution >= 0.6 is 27.3 Å². The van der Waals surface area contributed by atoms with Crippen molar-refractivity contribution in [2.45, 2.75) is 31.9 Å². The fourth-order valence-electron chi connectivity index (χ4n) is 1.95. The van der Waals surface area contributed by atoms with E-state index in [0.29, 0.717) is 12.1 Å². The SMILES string of the molecule is C[C@H](NCCCO[C@H]1CCOC1)c1ccc(Br)s1. The van der Waals surface area contributed by atoms with Crippen molar-refractivity contribution in [2.75, 3.05) is 26.4 Å². The molecule has 1 aromatic rings. The van der Waals surface area contributed by atoms with Crippen molar-refractivity contribution in [3.63, 3.8) is 0 Å². The Balaban J connectivity index is 1.54. The second kappa shape index (κ2) is 7.60. The van der Waals surface area contributed by atoms with Gasteiger partial charge < -0.3 is 14.8 Å². The molecule has 18 heavy (non-hydrogen) atoms. The van der Waals surface area contributed by atoms with E-state index < -0.39 is 0 Å². The molecule has 5 heteroatoms. The molecule has 0 saturated carbocycles. The minimum absolute atomic E-state index is 0.329. The summed E-state index contributed by atoms with van der Waals surface area (Å²) in [5.74, 6) is 0. The summed E-state index contributed by atoms with van der Waals surface area (Å²) < 4.78 is 12.2. The van der Waals surface area contributed by atoms with Crippen molar-refractivity contribution in [2.24, 2.45) is 0 Å². The van der Waals surface area contributed by atoms with Crippen LogP contribution in [0.15, 0.2) is 15.9 Å². The van der Waals surface area contributed by atoms with E-state index in [1.165, 1.54) is 8.66 Å². The first-order valence-corrected chi connectivity index (χ1v) is 8.04. The summed E-state index contributed by atoms with van der Waals surface area (Å²) in [5.41, 5.74) is 0. The molecule has 0 unspecified atom stereocenters. The van der Waals surface area contributed by atoms with Crippen LogP contribution < -0.4 is 5.32 Å². The fourth-order valence-corrected chi connectivity index (χ4v) is 3.40. The molecular formula is C13H20BrNO2S. The smallest absolute Gasteiger partial charge is 0.0830 e. The Morgan fingerprint density at radius 3 is 3.17 bits per heavy atom. The average Bonchev–Trinajstić information content (AvgIpc) is 2.99. The van der Waals surface area contributed by atoms with Crippen LogP contribution in [0.2, 0.25) is 0 Å². The number of ether oxygens (including phenoxy) is 2. The number of thiophene rings is 1. The zero-order valence-electron chi connectivity index (χ0n) is 10.7. The van der Waals surface area contributed by atoms with E-state index in [4.69, 9.17) is 9.47 Å². The first-order valence-electron chi connectivity index (χ1n) is 6.43. The second-order valence-electron chi connectivity index (χ2n) is 4.53. The molecule has 2 rings (SSSR count). The lowest BCUT2D eigenvalue weighted by molar-refractivity contribution is 0.0414. The van der Waals surface area contributed by atoms with Crippen molar-refractivity contribution in [3.05, 3.63) is 20.8 Å². The lowest BCUT2D eigenvalue weighted by Crippen LogP contribution is -2.21. The zero-order chi connectivity index (χ0) is 12.8. The maximum atomic E-state index is 5.72. The van der Waals surface area contributed by atoms with Crippen LogP contribution in [0.5, 0.6) is 0 Å². The Morgan fingerprint density at radius 1 is 1.61 bits per heavy atom. The highest BCUT2D eigenvalue weighted by atomic mass is 79.9. The van der Waals surface area contributed by atoms with Crippen LogP contribution in [0, 0.1) is 0 Å². The van der Waals surface area contributed by atoms with Crippen LogP contribution in [-0.2, 0) is 9.47 Å². The number of halogens is 1. The van der Waals surface area contributed by atoms with E-state index in [1.807, 2.05) is 0 Å². The topological polar surface area (TPSA) is 30.5 Å². The van der Waals surface area contributed by atoms with Crippen LogP contribution in [0.1, 0.15) is 30.7 Å². The molecule has 1 N–H and O–H groups in total. The summed E-state index contributed by atoms with van der Waals surface area (Å²) in [6, 6.07) is 4.68. The van der Waals surface area contributed by atoms with Gasteiger partial charge in [0.15, 0.2) is 0 Å². The molecule has 1 aromatic heterocycles. The normalized spacial score (nSPS) is 21.3. The molecule has 3 nitrogen and oxygen atoms in total. The molecular weight excluding hydrogens is 314 g/mol. The summed E-state index contributed by atoms with van der Waals surface area (Å²) in [4.78, 5) is 1.37. The molecule has 1 aliphatic rings. The van der Waals surface area contributed by atoms with Crippen molar-refractivity contribution < 1.29 is 9.47 Å². The first-order chi connectivity index (χ1) is 8.75. The van der Waals surface area contributed by atoms with Gasteiger partial charge in [-0.3, -0.25) is 0 Å². The minimum Gasteiger partial charge on any atom is -0.379 e. The molecule has 2 heterocycles. The summed E-state index contributed by atoms with van der Waals surface area (Å²) in [6.07, 6.45) is 2.43. The highest BCUT2D eigenvalue weighted by Gasteiger charge is 2.15. The lowest BCUT2D eigenvalue weighted by Gasteiger charge is -2.13. The molecule has 1 saturated heterocycles. The minimum atomic E-state index is 0.329. The number of rotatable bonds is 7. The molecule has 0 spiro atoms. The Morgan fingerprint density at radius 2 is 2.50 bits per heavy atom. The third kappa shape index (κ3) is 4.63. The van der Waals surface area contributed by atoms with Crippen LogP contribution in [0.4, 0.5) is 0 Å². The monoisotopic (exact) mass is 333 g/mol. The Labute approximate surface area is 121 Å². The van der Waals surface area contributed by atoms with Gasteiger partial charge in [-0.15, -0.1) is 11.3 Å². The van der Waals surface area contributed by atoms with E-state index in [-0.39, 0.29) is 0 Å². The van der Waals surface area contributed by atoms with Crippen molar-refractivity contribution in [3.8, 4) is 0 Å². The molecule has 0 aromatic carbocycles. The van der Waals surface area contributed by atoms with E-state index in [0.717, 1.165) is 39.2 Å². The standard InChI is InChI=1S/C13H20BrNO2S/c1-10(12-3-4-13(14)18-12)15-6-2-7-17-11-5-8-16-9-11/h3-4,10-11,15H,2,5-9H2,1H3/t10-,11-/m0/s1. The summed E-state index contributed by atoms with van der Waals surface area (Å²) in [7, 11) is 0. The molecule has 1 fully saturated rings. The van der Waals surface area contributed by atoms with Crippen LogP contribution in [0.3, 0.4) is 0 Å². The molecule has 0 aliphatic carbocycles. The predicted molar refractivity (Wildman–Crippen MR) is 78.2 cm³/mol. The largest absolute Gasteiger partial charge is 0.379 e. The molecule has 0 radical (unpaired) electrons. The van der Waals surface area contributed by atoms with E-state index in [2.05, 4.69) is 40.3 Å². The van der Waals surface area contributed by atoms with Crippen molar-refractivity contribution >= 4 is 27.3 Å². The number of hydrogen-bond acceptors (Lipinski definition) is 4. The van der Waals surface area contributed by atoms with Gasteiger partial charge in [0.05, 0.1) is 16.5 Å². The summed E-state index contributed by atoms with van der Waals surface area (Å²) in [5, 5.41) is 3.52. The maximum absolute atomic E-state index is 5.72. The van der Waals surface area contributed by atoms with Gasteiger partial charge in [0, 0.05) is 24.1 Å². The Kier molecular flexibility index (Phi) is 6.11. The third-order valence-corrected chi connectivity index (χ3v) is 4.84. The van der Waals surface area contributed by atoms with E-state index >= 15 is 0 Å². The van der Waals surface area contributed by atoms with Gasteiger partial charge in [0.1, 0.15) is 0 Å². The van der Waals surface area contributed by atoms with Gasteiger partial charge in [-0.25, -0.2) is 0 Å². The van der Waals surface area contributed by atoms with E-state index in [1.54, 1.807) is 11.3 Å². The van der Waals surface area contributed by atoms with Gasteiger partial charge in [-0.2, -0.15) is 0 Å². The Bertz CT molecular complexity index is 353. The fraction of sp³-hybridized carbons (Fsp3) is 0.692. The predicted octanol–water partition coefficient (Wildman–Crippen LogP) is 3.36. The van der Waals surface area contributed by atoms with Crippen LogP contribution in [0.25, 0.3) is 0 Å². The zero-order valence-corrected chi connectivity index (χ0v) is 13.1. The molecule has 102 valence electrons. The quantitative estimate of drug-likeness (QED) is 0.776. The summed E-state index contributed by atoms with van der Waals surface area (Å²) in [6.45, 7) is 5.64. The average molecular weight is 334 g/mol. The van der Waals surface area contributed by atoms with Gasteiger partial charge in [0.25, 0.3) is 0 Å². The maximum Gasteiger partial charge on any atom is 0.0830 e. The number of nitrogens with one attached hydrogen (secondary N) is 1. The van der Waals surface area contributed by atoms with Gasteiger partial charge in [0.2, 0.25) is 0 Å². The molecule has 2 atom stereocenters. The molecule has 0 amide bonds. The van der Waals surface area contributed by atoms with Crippen LogP contribution in [-0.4, -0.2) is 32.5 Å². The van der Waals surface area contributed by atoms with Gasteiger partial charge in [-0.05, 0) is 54.4 Å². The second-order valence-corrected chi connectivity index (χ2v) is 7.02. The van der Waals surface area contributed by atoms with E-state index in [9.17, 15) is 0 Å². The molecule has 0 bridgehead atoms. The highest BCUT2D eigenvalue weighted by Crippen LogP contribution is 2.26. The first kappa shape index (κ1) is 14.5. The third-order valence-electron chi connectivity index (χ3n) is 3.03. The van der Waals surface area contributed by atoms with Gasteiger partial charge >= 0.3 is 0 Å². The van der Waals surface area contributed by atoms with Crippen molar-refractivity contribution in [1.82, 2.24) is 5.32 Å². The molecule has 1 aliphatic heterocycles. The lowest BCUT2D eigenvalue weighted by atomic mass is 10.2. The van der Waals surface area contributed by atoms with Crippen molar-refractivity contribution in [1.29, 1.82) is 0 Å². The Hall–Kier alpha value is 0.0600. The number of hydrogen-bond donors (Lipinski definition) is 1. The summed E-state index contributed by atoms with van der Waals surface area (Å²) >= 11 is 5.28. The van der Waals surface area contributed by atoms with Gasteiger partial charge in [-0.1, -0.05) is 0 Å².